The zero-order valence-corrected chi connectivity index (χ0v) is 16.4. The lowest BCUT2D eigenvalue weighted by Crippen LogP contribution is -2.35. The van der Waals surface area contributed by atoms with E-state index in [1.165, 1.54) is 0 Å². The molecule has 1 aliphatic carbocycles. The van der Waals surface area contributed by atoms with Crippen LogP contribution in [-0.2, 0) is 23.2 Å². The Morgan fingerprint density at radius 2 is 2.04 bits per heavy atom. The van der Waals surface area contributed by atoms with Gasteiger partial charge in [0.1, 0.15) is 0 Å². The van der Waals surface area contributed by atoms with Gasteiger partial charge in [0, 0.05) is 24.4 Å². The molecule has 5 nitrogen and oxygen atoms in total. The van der Waals surface area contributed by atoms with Crippen LogP contribution in [0.1, 0.15) is 48.6 Å². The van der Waals surface area contributed by atoms with Crippen molar-refractivity contribution in [3.8, 4) is 0 Å². The molecule has 7 heteroatoms. The first-order chi connectivity index (χ1) is 13.2. The molecular formula is C20H20ClN3O2S. The van der Waals surface area contributed by atoms with Crippen LogP contribution in [0.3, 0.4) is 0 Å². The summed E-state index contributed by atoms with van der Waals surface area (Å²) in [5.74, 6) is 1.14. The van der Waals surface area contributed by atoms with Crippen molar-refractivity contribution < 1.29 is 9.21 Å². The Bertz CT molecular complexity index is 902. The molecule has 1 N–H and O–H groups in total. The maximum absolute atomic E-state index is 12.0. The van der Waals surface area contributed by atoms with Crippen molar-refractivity contribution in [3.05, 3.63) is 69.0 Å². The third-order valence-electron chi connectivity index (χ3n) is 5.12. The van der Waals surface area contributed by atoms with Gasteiger partial charge in [-0.15, -0.1) is 10.2 Å². The standard InChI is InChI=1S/C20H20ClN3O2S/c21-16-4-2-15(3-5-16)20(9-1-10-20)19-24-23-18(26-19)7-6-17(25)22-12-14-8-11-27-13-14/h2-5,8,11,13H,1,6-7,9-10,12H2,(H,22,25). The molecular weight excluding hydrogens is 382 g/mol. The van der Waals surface area contributed by atoms with Gasteiger partial charge in [0.2, 0.25) is 17.7 Å². The third kappa shape index (κ3) is 3.92. The topological polar surface area (TPSA) is 68.0 Å². The average molecular weight is 402 g/mol. The van der Waals surface area contributed by atoms with E-state index in [1.807, 2.05) is 41.1 Å². The summed E-state index contributed by atoms with van der Waals surface area (Å²) in [6, 6.07) is 9.86. The minimum atomic E-state index is -0.211. The summed E-state index contributed by atoms with van der Waals surface area (Å²) >= 11 is 7.63. The number of carbonyl (C=O) groups is 1. The van der Waals surface area contributed by atoms with Crippen molar-refractivity contribution in [2.75, 3.05) is 0 Å². The zero-order chi connectivity index (χ0) is 18.7. The van der Waals surface area contributed by atoms with Crippen molar-refractivity contribution in [2.45, 2.75) is 44.1 Å². The minimum Gasteiger partial charge on any atom is -0.424 e. The summed E-state index contributed by atoms with van der Waals surface area (Å²) in [6.07, 6.45) is 3.87. The molecule has 2 heterocycles. The van der Waals surface area contributed by atoms with Crippen LogP contribution < -0.4 is 5.32 Å². The second-order valence-corrected chi connectivity index (χ2v) is 8.07. The maximum atomic E-state index is 12.0. The van der Waals surface area contributed by atoms with E-state index in [0.29, 0.717) is 36.2 Å². The lowest BCUT2D eigenvalue weighted by atomic mass is 9.64. The maximum Gasteiger partial charge on any atom is 0.227 e. The van der Waals surface area contributed by atoms with E-state index >= 15 is 0 Å². The summed E-state index contributed by atoms with van der Waals surface area (Å²) in [6.45, 7) is 0.553. The van der Waals surface area contributed by atoms with Crippen molar-refractivity contribution in [1.29, 1.82) is 0 Å². The molecule has 0 bridgehead atoms. The summed E-state index contributed by atoms with van der Waals surface area (Å²) < 4.78 is 5.94. The summed E-state index contributed by atoms with van der Waals surface area (Å²) in [5, 5.41) is 16.1. The quantitative estimate of drug-likeness (QED) is 0.632. The number of halogens is 1. The number of carbonyl (C=O) groups excluding carboxylic acids is 1. The largest absolute Gasteiger partial charge is 0.424 e. The van der Waals surface area contributed by atoms with E-state index in [-0.39, 0.29) is 11.3 Å². The SMILES string of the molecule is O=C(CCc1nnc(C2(c3ccc(Cl)cc3)CCC2)o1)NCc1ccsc1. The first-order valence-corrected chi connectivity index (χ1v) is 10.3. The van der Waals surface area contributed by atoms with E-state index in [0.717, 1.165) is 30.4 Å². The van der Waals surface area contributed by atoms with E-state index < -0.39 is 0 Å². The highest BCUT2D eigenvalue weighted by Gasteiger charge is 2.45. The fourth-order valence-electron chi connectivity index (χ4n) is 3.38. The lowest BCUT2D eigenvalue weighted by Gasteiger charge is -2.39. The Morgan fingerprint density at radius 1 is 1.22 bits per heavy atom. The highest BCUT2D eigenvalue weighted by Crippen LogP contribution is 2.48. The van der Waals surface area contributed by atoms with Gasteiger partial charge in [-0.3, -0.25) is 4.79 Å². The molecule has 1 aromatic carbocycles. The van der Waals surface area contributed by atoms with Crippen LogP contribution in [0.15, 0.2) is 45.5 Å². The Morgan fingerprint density at radius 3 is 2.70 bits per heavy atom. The number of amides is 1. The molecule has 0 unspecified atom stereocenters. The Kier molecular flexibility index (Phi) is 5.27. The second-order valence-electron chi connectivity index (χ2n) is 6.85. The van der Waals surface area contributed by atoms with Gasteiger partial charge in [-0.25, -0.2) is 0 Å². The molecule has 0 aliphatic heterocycles. The molecule has 27 heavy (non-hydrogen) atoms. The predicted octanol–water partition coefficient (Wildman–Crippen LogP) is 4.50. The predicted molar refractivity (Wildman–Crippen MR) is 105 cm³/mol. The number of rotatable bonds is 7. The van der Waals surface area contributed by atoms with Crippen LogP contribution in [0.25, 0.3) is 0 Å². The van der Waals surface area contributed by atoms with Gasteiger partial charge < -0.3 is 9.73 Å². The van der Waals surface area contributed by atoms with Gasteiger partial charge in [0.15, 0.2) is 0 Å². The molecule has 1 fully saturated rings. The van der Waals surface area contributed by atoms with Gasteiger partial charge in [-0.1, -0.05) is 30.2 Å². The normalized spacial score (nSPS) is 15.3. The minimum absolute atomic E-state index is 0.0167. The highest BCUT2D eigenvalue weighted by molar-refractivity contribution is 7.07. The molecule has 140 valence electrons. The summed E-state index contributed by atoms with van der Waals surface area (Å²) in [4.78, 5) is 12.0. The Hall–Kier alpha value is -2.18. The van der Waals surface area contributed by atoms with Crippen LogP contribution in [0.5, 0.6) is 0 Å². The van der Waals surface area contributed by atoms with E-state index in [1.54, 1.807) is 11.3 Å². The third-order valence-corrected chi connectivity index (χ3v) is 6.10. The fourth-order valence-corrected chi connectivity index (χ4v) is 4.17. The van der Waals surface area contributed by atoms with Gasteiger partial charge in [-0.05, 0) is 52.9 Å². The van der Waals surface area contributed by atoms with E-state index in [9.17, 15) is 4.79 Å². The Labute approximate surface area is 166 Å². The second kappa shape index (κ2) is 7.82. The smallest absolute Gasteiger partial charge is 0.227 e. The van der Waals surface area contributed by atoms with Crippen LogP contribution >= 0.6 is 22.9 Å². The number of thiophene rings is 1. The van der Waals surface area contributed by atoms with Crippen LogP contribution in [0, 0.1) is 0 Å². The highest BCUT2D eigenvalue weighted by atomic mass is 35.5. The molecule has 4 rings (SSSR count). The molecule has 0 atom stereocenters. The average Bonchev–Trinajstić information content (AvgIpc) is 3.31. The number of hydrogen-bond donors (Lipinski definition) is 1. The first kappa shape index (κ1) is 18.2. The lowest BCUT2D eigenvalue weighted by molar-refractivity contribution is -0.121. The number of aromatic nitrogens is 2. The number of nitrogens with one attached hydrogen (secondary N) is 1. The molecule has 1 aliphatic rings. The first-order valence-electron chi connectivity index (χ1n) is 9.02. The molecule has 0 spiro atoms. The molecule has 1 saturated carbocycles. The van der Waals surface area contributed by atoms with Crippen LogP contribution in [0.4, 0.5) is 0 Å². The van der Waals surface area contributed by atoms with Gasteiger partial charge in [-0.2, -0.15) is 11.3 Å². The van der Waals surface area contributed by atoms with Crippen molar-refractivity contribution in [3.63, 3.8) is 0 Å². The monoisotopic (exact) mass is 401 g/mol. The zero-order valence-electron chi connectivity index (χ0n) is 14.8. The van der Waals surface area contributed by atoms with Crippen LogP contribution in [-0.4, -0.2) is 16.1 Å². The molecule has 3 aromatic rings. The number of hydrogen-bond acceptors (Lipinski definition) is 5. The molecule has 0 saturated heterocycles. The molecule has 2 aromatic heterocycles. The number of nitrogens with zero attached hydrogens (tertiary/aromatic N) is 2. The number of benzene rings is 1. The Balaban J connectivity index is 1.37. The van der Waals surface area contributed by atoms with Crippen molar-refractivity contribution >= 4 is 28.8 Å². The van der Waals surface area contributed by atoms with Crippen LogP contribution in [0.2, 0.25) is 5.02 Å². The fraction of sp³-hybridized carbons (Fsp3) is 0.350. The van der Waals surface area contributed by atoms with E-state index in [4.69, 9.17) is 16.0 Å². The summed E-state index contributed by atoms with van der Waals surface area (Å²) in [7, 11) is 0. The van der Waals surface area contributed by atoms with Gasteiger partial charge >= 0.3 is 0 Å². The van der Waals surface area contributed by atoms with Crippen molar-refractivity contribution in [1.82, 2.24) is 15.5 Å². The molecule has 0 radical (unpaired) electrons. The van der Waals surface area contributed by atoms with Gasteiger partial charge in [0.05, 0.1) is 5.41 Å². The van der Waals surface area contributed by atoms with Crippen molar-refractivity contribution in [2.24, 2.45) is 0 Å². The van der Waals surface area contributed by atoms with Gasteiger partial charge in [0.25, 0.3) is 0 Å². The molecule has 1 amide bonds. The van der Waals surface area contributed by atoms with E-state index in [2.05, 4.69) is 15.5 Å². The summed E-state index contributed by atoms with van der Waals surface area (Å²) in [5.41, 5.74) is 2.06. The number of aryl methyl sites for hydroxylation is 1.